The van der Waals surface area contributed by atoms with Crippen molar-refractivity contribution in [2.75, 3.05) is 30.3 Å². The van der Waals surface area contributed by atoms with Gasteiger partial charge in [0.1, 0.15) is 11.8 Å². The summed E-state index contributed by atoms with van der Waals surface area (Å²) in [6, 6.07) is 13.3. The number of hydrogen-bond acceptors (Lipinski definition) is 5. The molecule has 1 N–H and O–H groups in total. The van der Waals surface area contributed by atoms with E-state index in [1.54, 1.807) is 43.3 Å². The molecule has 0 aliphatic rings. The van der Waals surface area contributed by atoms with Gasteiger partial charge >= 0.3 is 0 Å². The molecule has 0 aliphatic heterocycles. The standard InChI is InChI=1S/C25H34ClN3O5S/c1-5-27-25(31)19(3)28(18-20-13-15-21(26)16-14-20)24(30)12-9-17-29(35(4,32)33)22-10-7-8-11-23(22)34-6-2/h7-8,10-11,13-16,19H,5-6,9,12,17-18H2,1-4H3,(H,27,31)/t19-/m0/s1. The zero-order valence-corrected chi connectivity index (χ0v) is 22.2. The summed E-state index contributed by atoms with van der Waals surface area (Å²) in [4.78, 5) is 27.2. The van der Waals surface area contributed by atoms with Crippen LogP contribution in [0.1, 0.15) is 39.2 Å². The largest absolute Gasteiger partial charge is 0.492 e. The van der Waals surface area contributed by atoms with Gasteiger partial charge in [-0.15, -0.1) is 0 Å². The number of halogens is 1. The van der Waals surface area contributed by atoms with Crippen molar-refractivity contribution in [2.24, 2.45) is 0 Å². The molecule has 0 bridgehead atoms. The molecule has 35 heavy (non-hydrogen) atoms. The average molecular weight is 524 g/mol. The van der Waals surface area contributed by atoms with E-state index in [1.807, 2.05) is 26.0 Å². The van der Waals surface area contributed by atoms with Crippen LogP contribution in [0.5, 0.6) is 5.75 Å². The molecule has 0 aromatic heterocycles. The van der Waals surface area contributed by atoms with E-state index < -0.39 is 16.1 Å². The molecule has 0 aliphatic carbocycles. The Labute approximate surface area is 213 Å². The van der Waals surface area contributed by atoms with Crippen molar-refractivity contribution in [3.63, 3.8) is 0 Å². The Bertz CT molecular complexity index is 1090. The predicted molar refractivity (Wildman–Crippen MR) is 139 cm³/mol. The zero-order valence-electron chi connectivity index (χ0n) is 20.7. The van der Waals surface area contributed by atoms with Crippen LogP contribution >= 0.6 is 11.6 Å². The fourth-order valence-corrected chi connectivity index (χ4v) is 4.71. The molecule has 8 nitrogen and oxygen atoms in total. The first-order valence-corrected chi connectivity index (χ1v) is 13.8. The second-order valence-corrected chi connectivity index (χ2v) is 10.4. The SMILES string of the molecule is CCNC(=O)[C@H](C)N(Cc1ccc(Cl)cc1)C(=O)CCCN(c1ccccc1OCC)S(C)(=O)=O. The van der Waals surface area contributed by atoms with Crippen molar-refractivity contribution < 1.29 is 22.7 Å². The Balaban J connectivity index is 2.18. The first kappa shape index (κ1) is 28.5. The highest BCUT2D eigenvalue weighted by Crippen LogP contribution is 2.30. The number of carbonyl (C=O) groups is 2. The number of sulfonamides is 1. The van der Waals surface area contributed by atoms with Crippen molar-refractivity contribution in [3.05, 3.63) is 59.1 Å². The summed E-state index contributed by atoms with van der Waals surface area (Å²) >= 11 is 5.97. The fraction of sp³-hybridized carbons (Fsp3) is 0.440. The normalized spacial score (nSPS) is 12.0. The summed E-state index contributed by atoms with van der Waals surface area (Å²) in [7, 11) is -3.61. The van der Waals surface area contributed by atoms with Crippen molar-refractivity contribution in [1.29, 1.82) is 0 Å². The van der Waals surface area contributed by atoms with Gasteiger partial charge < -0.3 is 15.0 Å². The Morgan fingerprint density at radius 1 is 1.09 bits per heavy atom. The van der Waals surface area contributed by atoms with Crippen molar-refractivity contribution >= 4 is 39.1 Å². The minimum atomic E-state index is -3.61. The lowest BCUT2D eigenvalue weighted by Gasteiger charge is -2.29. The van der Waals surface area contributed by atoms with E-state index >= 15 is 0 Å². The van der Waals surface area contributed by atoms with Gasteiger partial charge in [0.05, 0.1) is 18.6 Å². The molecule has 2 aromatic rings. The third kappa shape index (κ3) is 8.43. The highest BCUT2D eigenvalue weighted by atomic mass is 35.5. The molecule has 0 heterocycles. The minimum absolute atomic E-state index is 0.0696. The number of nitrogens with one attached hydrogen (secondary N) is 1. The number of nitrogens with zero attached hydrogens (tertiary/aromatic N) is 2. The number of anilines is 1. The van der Waals surface area contributed by atoms with E-state index in [2.05, 4.69) is 5.32 Å². The van der Waals surface area contributed by atoms with Gasteiger partial charge in [0, 0.05) is 31.1 Å². The van der Waals surface area contributed by atoms with E-state index in [0.29, 0.717) is 29.6 Å². The van der Waals surface area contributed by atoms with Crippen LogP contribution in [0.3, 0.4) is 0 Å². The Morgan fingerprint density at radius 3 is 2.34 bits per heavy atom. The Morgan fingerprint density at radius 2 is 1.74 bits per heavy atom. The molecule has 10 heteroatoms. The summed E-state index contributed by atoms with van der Waals surface area (Å²) in [6.45, 7) is 6.50. The summed E-state index contributed by atoms with van der Waals surface area (Å²) in [6.07, 6.45) is 1.47. The van der Waals surface area contributed by atoms with Crippen LogP contribution in [-0.4, -0.2) is 57.1 Å². The topological polar surface area (TPSA) is 96.0 Å². The molecule has 0 radical (unpaired) electrons. The van der Waals surface area contributed by atoms with Crippen LogP contribution in [0.2, 0.25) is 5.02 Å². The highest BCUT2D eigenvalue weighted by molar-refractivity contribution is 7.92. The van der Waals surface area contributed by atoms with E-state index in [1.165, 1.54) is 9.21 Å². The summed E-state index contributed by atoms with van der Waals surface area (Å²) in [5.41, 5.74) is 1.26. The maximum Gasteiger partial charge on any atom is 0.242 e. The lowest BCUT2D eigenvalue weighted by atomic mass is 10.1. The number of carbonyl (C=O) groups excluding carboxylic acids is 2. The maximum absolute atomic E-state index is 13.2. The monoisotopic (exact) mass is 523 g/mol. The highest BCUT2D eigenvalue weighted by Gasteiger charge is 2.27. The van der Waals surface area contributed by atoms with E-state index in [9.17, 15) is 18.0 Å². The van der Waals surface area contributed by atoms with Crippen LogP contribution in [-0.2, 0) is 26.2 Å². The quantitative estimate of drug-likeness (QED) is 0.430. The molecule has 2 aromatic carbocycles. The van der Waals surface area contributed by atoms with Gasteiger partial charge in [0.2, 0.25) is 21.8 Å². The Kier molecular flexibility index (Phi) is 10.9. The van der Waals surface area contributed by atoms with Crippen LogP contribution in [0.4, 0.5) is 5.69 Å². The van der Waals surface area contributed by atoms with Gasteiger partial charge in [0.15, 0.2) is 0 Å². The van der Waals surface area contributed by atoms with E-state index in [0.717, 1.165) is 11.8 Å². The molecule has 1 atom stereocenters. The molecule has 2 amide bonds. The molecule has 0 saturated carbocycles. The molecular formula is C25H34ClN3O5S. The third-order valence-electron chi connectivity index (χ3n) is 5.37. The van der Waals surface area contributed by atoms with Crippen molar-refractivity contribution in [2.45, 2.75) is 46.2 Å². The van der Waals surface area contributed by atoms with Gasteiger partial charge in [-0.2, -0.15) is 0 Å². The molecule has 192 valence electrons. The number of likely N-dealkylation sites (N-methyl/N-ethyl adjacent to an activating group) is 1. The van der Waals surface area contributed by atoms with Crippen molar-refractivity contribution in [1.82, 2.24) is 10.2 Å². The molecule has 0 spiro atoms. The number of amides is 2. The number of benzene rings is 2. The van der Waals surface area contributed by atoms with Crippen LogP contribution in [0.25, 0.3) is 0 Å². The smallest absolute Gasteiger partial charge is 0.242 e. The number of hydrogen-bond donors (Lipinski definition) is 1. The number of ether oxygens (including phenoxy) is 1. The van der Waals surface area contributed by atoms with Crippen LogP contribution < -0.4 is 14.4 Å². The molecular weight excluding hydrogens is 490 g/mol. The molecule has 0 fully saturated rings. The molecule has 2 rings (SSSR count). The minimum Gasteiger partial charge on any atom is -0.492 e. The van der Waals surface area contributed by atoms with Gasteiger partial charge in [0.25, 0.3) is 0 Å². The van der Waals surface area contributed by atoms with E-state index in [4.69, 9.17) is 16.3 Å². The van der Waals surface area contributed by atoms with E-state index in [-0.39, 0.29) is 37.7 Å². The second-order valence-electron chi connectivity index (χ2n) is 8.06. The molecule has 0 unspecified atom stereocenters. The second kappa shape index (κ2) is 13.3. The predicted octanol–water partition coefficient (Wildman–Crippen LogP) is 3.84. The van der Waals surface area contributed by atoms with Crippen molar-refractivity contribution in [3.8, 4) is 5.75 Å². The van der Waals surface area contributed by atoms with Gasteiger partial charge in [-0.25, -0.2) is 8.42 Å². The number of rotatable bonds is 13. The van der Waals surface area contributed by atoms with Crippen LogP contribution in [0.15, 0.2) is 48.5 Å². The summed E-state index contributed by atoms with van der Waals surface area (Å²) in [5.74, 6) is -0.0376. The van der Waals surface area contributed by atoms with Gasteiger partial charge in [-0.1, -0.05) is 35.9 Å². The van der Waals surface area contributed by atoms with Gasteiger partial charge in [-0.3, -0.25) is 13.9 Å². The average Bonchev–Trinajstić information content (AvgIpc) is 2.81. The fourth-order valence-electron chi connectivity index (χ4n) is 3.61. The number of para-hydroxylation sites is 2. The maximum atomic E-state index is 13.2. The lowest BCUT2D eigenvalue weighted by Crippen LogP contribution is -2.47. The lowest BCUT2D eigenvalue weighted by molar-refractivity contribution is -0.140. The van der Waals surface area contributed by atoms with Gasteiger partial charge in [-0.05, 0) is 57.0 Å². The first-order chi connectivity index (χ1) is 16.6. The molecule has 0 saturated heterocycles. The Hall–Kier alpha value is -2.78. The first-order valence-electron chi connectivity index (χ1n) is 11.6. The summed E-state index contributed by atoms with van der Waals surface area (Å²) < 4.78 is 31.9. The zero-order chi connectivity index (χ0) is 26.0. The summed E-state index contributed by atoms with van der Waals surface area (Å²) in [5, 5.41) is 3.33. The third-order valence-corrected chi connectivity index (χ3v) is 6.80. The van der Waals surface area contributed by atoms with Crippen LogP contribution in [0, 0.1) is 0 Å².